The molecule has 3 N–H and O–H groups in total. The summed E-state index contributed by atoms with van der Waals surface area (Å²) < 4.78 is 1.88. The molecule has 148 valence electrons. The smallest absolute Gasteiger partial charge is 0.236 e. The van der Waals surface area contributed by atoms with Gasteiger partial charge in [0.2, 0.25) is 5.91 Å². The number of aromatic nitrogens is 5. The van der Waals surface area contributed by atoms with Crippen molar-refractivity contribution in [2.45, 2.75) is 39.0 Å². The number of imidazole rings is 1. The molecule has 0 bridgehead atoms. The Bertz CT molecular complexity index is 1180. The summed E-state index contributed by atoms with van der Waals surface area (Å²) in [6.07, 6.45) is 10.4. The number of carbonyl (C=O) groups excluding carboxylic acids is 1. The zero-order chi connectivity index (χ0) is 20.8. The van der Waals surface area contributed by atoms with Crippen LogP contribution in [0.3, 0.4) is 0 Å². The molecule has 8 heteroatoms. The molecule has 3 aromatic heterocycles. The minimum Gasteiger partial charge on any atom is -0.383 e. The van der Waals surface area contributed by atoms with Gasteiger partial charge in [-0.05, 0) is 25.8 Å². The number of anilines is 2. The normalized spacial score (nSPS) is 18.4. The number of hydrogen-bond donors (Lipinski definition) is 2. The van der Waals surface area contributed by atoms with E-state index in [-0.39, 0.29) is 5.91 Å². The van der Waals surface area contributed by atoms with Crippen molar-refractivity contribution in [1.82, 2.24) is 24.3 Å². The van der Waals surface area contributed by atoms with Crippen molar-refractivity contribution in [2.24, 2.45) is 0 Å². The molecule has 0 spiro atoms. The monoisotopic (exact) mass is 389 g/mol. The number of hydrogen-bond acceptors (Lipinski definition) is 6. The second kappa shape index (κ2) is 6.80. The van der Waals surface area contributed by atoms with Crippen LogP contribution >= 0.6 is 0 Å². The summed E-state index contributed by atoms with van der Waals surface area (Å²) in [5.74, 6) is 0.985. The Balaban J connectivity index is 1.84. The molecule has 29 heavy (non-hydrogen) atoms. The number of amides is 1. The summed E-state index contributed by atoms with van der Waals surface area (Å²) in [4.78, 5) is 30.7. The van der Waals surface area contributed by atoms with E-state index in [1.807, 2.05) is 43.5 Å². The molecule has 4 heterocycles. The van der Waals surface area contributed by atoms with Gasteiger partial charge < -0.3 is 15.5 Å². The number of carbonyl (C=O) groups is 1. The van der Waals surface area contributed by atoms with Crippen molar-refractivity contribution >= 4 is 23.2 Å². The van der Waals surface area contributed by atoms with Crippen LogP contribution in [-0.4, -0.2) is 30.2 Å². The highest BCUT2D eigenvalue weighted by Gasteiger charge is 2.44. The van der Waals surface area contributed by atoms with E-state index in [2.05, 4.69) is 26.8 Å². The first kappa shape index (κ1) is 18.8. The second-order valence-corrected chi connectivity index (χ2v) is 7.36. The number of allylic oxidation sites excluding steroid dienone is 3. The lowest BCUT2D eigenvalue weighted by molar-refractivity contribution is -0.120. The predicted octanol–water partition coefficient (Wildman–Crippen LogP) is 3.06. The fourth-order valence-corrected chi connectivity index (χ4v) is 3.66. The van der Waals surface area contributed by atoms with Crippen LogP contribution < -0.4 is 11.1 Å². The molecular weight excluding hydrogens is 366 g/mol. The van der Waals surface area contributed by atoms with Crippen molar-refractivity contribution in [3.8, 4) is 11.5 Å². The number of nitrogens with one attached hydrogen (secondary N) is 1. The number of rotatable bonds is 5. The third-order valence-electron chi connectivity index (χ3n) is 5.40. The average molecular weight is 389 g/mol. The Kier molecular flexibility index (Phi) is 4.41. The van der Waals surface area contributed by atoms with Crippen molar-refractivity contribution in [3.05, 3.63) is 54.2 Å². The van der Waals surface area contributed by atoms with Crippen LogP contribution in [0.2, 0.25) is 0 Å². The number of nitrogens with zero attached hydrogens (tertiary/aromatic N) is 5. The van der Waals surface area contributed by atoms with E-state index in [4.69, 9.17) is 10.7 Å². The summed E-state index contributed by atoms with van der Waals surface area (Å²) in [6.45, 7) is 9.81. The number of fused-ring (bicyclic) bond motifs is 2. The van der Waals surface area contributed by atoms with Gasteiger partial charge in [0.1, 0.15) is 17.3 Å². The quantitative estimate of drug-likeness (QED) is 0.649. The topological polar surface area (TPSA) is 111 Å². The molecule has 1 aliphatic heterocycles. The van der Waals surface area contributed by atoms with Gasteiger partial charge in [0, 0.05) is 25.0 Å². The van der Waals surface area contributed by atoms with E-state index in [1.165, 1.54) is 0 Å². The molecule has 0 saturated heterocycles. The maximum absolute atomic E-state index is 12.5. The van der Waals surface area contributed by atoms with Gasteiger partial charge >= 0.3 is 0 Å². The molecule has 3 aromatic rings. The van der Waals surface area contributed by atoms with Gasteiger partial charge in [-0.25, -0.2) is 19.9 Å². The zero-order valence-electron chi connectivity index (χ0n) is 16.7. The fourth-order valence-electron chi connectivity index (χ4n) is 3.66. The van der Waals surface area contributed by atoms with Crippen LogP contribution in [0.4, 0.5) is 11.6 Å². The molecule has 1 aliphatic rings. The Morgan fingerprint density at radius 3 is 2.90 bits per heavy atom. The summed E-state index contributed by atoms with van der Waals surface area (Å²) in [7, 11) is 0. The lowest BCUT2D eigenvalue weighted by Crippen LogP contribution is -2.30. The first-order valence-electron chi connectivity index (χ1n) is 9.50. The standard InChI is InChI=1S/C21H23N7O/c1-5-7-12(3)10-13-19-23-8-9-28(19)11-14(24-13)17-25-16(22)15-18(26-17)27-20(29)21(15,4)6-2/h5,7-9,11H,3,6,10H2,1-2,4H3,(H3,22,25,26,27,29)/b7-5-. The van der Waals surface area contributed by atoms with Crippen molar-refractivity contribution in [1.29, 1.82) is 0 Å². The van der Waals surface area contributed by atoms with Crippen LogP contribution in [0.5, 0.6) is 0 Å². The van der Waals surface area contributed by atoms with Crippen LogP contribution in [-0.2, 0) is 16.6 Å². The maximum atomic E-state index is 12.5. The van der Waals surface area contributed by atoms with E-state index in [1.54, 1.807) is 12.4 Å². The van der Waals surface area contributed by atoms with Gasteiger partial charge in [-0.2, -0.15) is 0 Å². The molecular formula is C21H23N7O. The molecule has 0 aliphatic carbocycles. The van der Waals surface area contributed by atoms with Gasteiger partial charge in [-0.3, -0.25) is 4.79 Å². The predicted molar refractivity (Wildman–Crippen MR) is 112 cm³/mol. The molecule has 0 saturated carbocycles. The average Bonchev–Trinajstić information content (AvgIpc) is 3.25. The van der Waals surface area contributed by atoms with Gasteiger partial charge in [0.05, 0.1) is 16.7 Å². The first-order valence-corrected chi connectivity index (χ1v) is 9.50. The van der Waals surface area contributed by atoms with Crippen molar-refractivity contribution in [2.75, 3.05) is 11.1 Å². The maximum Gasteiger partial charge on any atom is 0.236 e. The molecule has 1 unspecified atom stereocenters. The molecule has 0 radical (unpaired) electrons. The Morgan fingerprint density at radius 1 is 1.38 bits per heavy atom. The third-order valence-corrected chi connectivity index (χ3v) is 5.40. The highest BCUT2D eigenvalue weighted by molar-refractivity contribution is 6.06. The molecule has 1 atom stereocenters. The summed E-state index contributed by atoms with van der Waals surface area (Å²) in [5.41, 5.74) is 9.17. The van der Waals surface area contributed by atoms with E-state index in [9.17, 15) is 4.79 Å². The van der Waals surface area contributed by atoms with Crippen LogP contribution in [0, 0.1) is 0 Å². The Hall–Kier alpha value is -3.55. The number of nitrogen functional groups attached to an aromatic ring is 1. The van der Waals surface area contributed by atoms with Gasteiger partial charge in [-0.1, -0.05) is 25.7 Å². The second-order valence-electron chi connectivity index (χ2n) is 7.36. The third kappa shape index (κ3) is 2.97. The molecule has 0 fully saturated rings. The zero-order valence-corrected chi connectivity index (χ0v) is 16.7. The Labute approximate surface area is 168 Å². The summed E-state index contributed by atoms with van der Waals surface area (Å²) in [5, 5.41) is 2.85. The van der Waals surface area contributed by atoms with E-state index in [0.29, 0.717) is 41.6 Å². The minimum absolute atomic E-state index is 0.116. The van der Waals surface area contributed by atoms with E-state index < -0.39 is 5.41 Å². The van der Waals surface area contributed by atoms with E-state index in [0.717, 1.165) is 16.9 Å². The minimum atomic E-state index is -0.727. The van der Waals surface area contributed by atoms with Crippen LogP contribution in [0.25, 0.3) is 17.2 Å². The summed E-state index contributed by atoms with van der Waals surface area (Å²) >= 11 is 0. The largest absolute Gasteiger partial charge is 0.383 e. The molecule has 0 aromatic carbocycles. The molecule has 1 amide bonds. The molecule has 8 nitrogen and oxygen atoms in total. The van der Waals surface area contributed by atoms with Crippen LogP contribution in [0.1, 0.15) is 38.4 Å². The highest BCUT2D eigenvalue weighted by atomic mass is 16.2. The lowest BCUT2D eigenvalue weighted by atomic mass is 9.82. The Morgan fingerprint density at radius 2 is 2.17 bits per heavy atom. The van der Waals surface area contributed by atoms with E-state index >= 15 is 0 Å². The summed E-state index contributed by atoms with van der Waals surface area (Å²) in [6, 6.07) is 0. The highest BCUT2D eigenvalue weighted by Crippen LogP contribution is 2.42. The fraction of sp³-hybridized carbons (Fsp3) is 0.286. The first-order chi connectivity index (χ1) is 13.9. The van der Waals surface area contributed by atoms with Crippen LogP contribution in [0.15, 0.2) is 42.9 Å². The number of nitrogens with two attached hydrogens (primary N) is 1. The van der Waals surface area contributed by atoms with Gasteiger partial charge in [-0.15, -0.1) is 0 Å². The van der Waals surface area contributed by atoms with Crippen molar-refractivity contribution < 1.29 is 4.79 Å². The van der Waals surface area contributed by atoms with Crippen molar-refractivity contribution in [3.63, 3.8) is 0 Å². The SMILES string of the molecule is C=C(/C=C\C)Cc1nc(-c2nc(N)c3c(n2)NC(=O)C3(C)CC)cn2ccnc12. The molecule has 4 rings (SSSR count). The van der Waals surface area contributed by atoms with Gasteiger partial charge in [0.25, 0.3) is 0 Å². The van der Waals surface area contributed by atoms with Gasteiger partial charge in [0.15, 0.2) is 11.5 Å². The lowest BCUT2D eigenvalue weighted by Gasteiger charge is -2.20.